The highest BCUT2D eigenvalue weighted by Gasteiger charge is 2.34. The average molecular weight is 350 g/mol. The lowest BCUT2D eigenvalue weighted by Crippen LogP contribution is -2.34. The molecule has 4 heteroatoms. The number of benzene rings is 2. The molecule has 0 bridgehead atoms. The van der Waals surface area contributed by atoms with Gasteiger partial charge in [-0.3, -0.25) is 9.59 Å². The molecule has 2 atom stereocenters. The van der Waals surface area contributed by atoms with Gasteiger partial charge in [-0.25, -0.2) is 0 Å². The van der Waals surface area contributed by atoms with Crippen LogP contribution in [0.25, 0.3) is 0 Å². The van der Waals surface area contributed by atoms with E-state index in [1.165, 1.54) is 11.1 Å². The predicted octanol–water partition coefficient (Wildman–Crippen LogP) is 3.26. The molecule has 2 unspecified atom stereocenters. The van der Waals surface area contributed by atoms with Crippen molar-refractivity contribution in [3.8, 4) is 0 Å². The van der Waals surface area contributed by atoms with E-state index in [2.05, 4.69) is 24.4 Å². The van der Waals surface area contributed by atoms with E-state index in [1.807, 2.05) is 49.4 Å². The zero-order valence-electron chi connectivity index (χ0n) is 15.4. The van der Waals surface area contributed by atoms with Gasteiger partial charge in [-0.05, 0) is 24.0 Å². The SMILES string of the molecule is Cc1ccc(CN2CC(C(=O)NCC(C)c3ccccc3)CC2=O)cc1. The molecule has 4 nitrogen and oxygen atoms in total. The molecule has 26 heavy (non-hydrogen) atoms. The molecule has 1 aliphatic rings. The fourth-order valence-corrected chi connectivity index (χ4v) is 3.31. The number of rotatable bonds is 6. The Morgan fingerprint density at radius 1 is 1.15 bits per heavy atom. The lowest BCUT2D eigenvalue weighted by atomic mass is 10.0. The van der Waals surface area contributed by atoms with Crippen LogP contribution in [0.3, 0.4) is 0 Å². The van der Waals surface area contributed by atoms with Crippen LogP contribution in [0, 0.1) is 12.8 Å². The largest absolute Gasteiger partial charge is 0.355 e. The molecule has 0 aromatic heterocycles. The van der Waals surface area contributed by atoms with Crippen molar-refractivity contribution in [2.24, 2.45) is 5.92 Å². The van der Waals surface area contributed by atoms with Crippen LogP contribution in [0.2, 0.25) is 0 Å². The van der Waals surface area contributed by atoms with Crippen LogP contribution in [-0.4, -0.2) is 29.8 Å². The van der Waals surface area contributed by atoms with E-state index in [-0.39, 0.29) is 23.7 Å². The molecular formula is C22H26N2O2. The highest BCUT2D eigenvalue weighted by Crippen LogP contribution is 2.21. The Kier molecular flexibility index (Phi) is 5.71. The summed E-state index contributed by atoms with van der Waals surface area (Å²) in [6.45, 7) is 5.80. The molecule has 1 saturated heterocycles. The van der Waals surface area contributed by atoms with Crippen molar-refractivity contribution in [2.75, 3.05) is 13.1 Å². The topological polar surface area (TPSA) is 49.4 Å². The van der Waals surface area contributed by atoms with Gasteiger partial charge in [-0.1, -0.05) is 67.1 Å². The maximum Gasteiger partial charge on any atom is 0.225 e. The van der Waals surface area contributed by atoms with Gasteiger partial charge in [-0.15, -0.1) is 0 Å². The molecule has 136 valence electrons. The van der Waals surface area contributed by atoms with Gasteiger partial charge < -0.3 is 10.2 Å². The first-order valence-corrected chi connectivity index (χ1v) is 9.19. The Balaban J connectivity index is 1.51. The first kappa shape index (κ1) is 18.2. The summed E-state index contributed by atoms with van der Waals surface area (Å²) < 4.78 is 0. The Morgan fingerprint density at radius 2 is 1.85 bits per heavy atom. The second kappa shape index (κ2) is 8.17. The number of hydrogen-bond acceptors (Lipinski definition) is 2. The molecule has 1 fully saturated rings. The van der Waals surface area contributed by atoms with Crippen LogP contribution >= 0.6 is 0 Å². The summed E-state index contributed by atoms with van der Waals surface area (Å²) in [5.74, 6) is 0.0335. The zero-order valence-corrected chi connectivity index (χ0v) is 15.4. The first-order valence-electron chi connectivity index (χ1n) is 9.19. The molecule has 0 saturated carbocycles. The summed E-state index contributed by atoms with van der Waals surface area (Å²) in [6.07, 6.45) is 0.303. The highest BCUT2D eigenvalue weighted by molar-refractivity contribution is 5.89. The molecule has 2 amide bonds. The summed E-state index contributed by atoms with van der Waals surface area (Å²) in [6, 6.07) is 18.3. The van der Waals surface area contributed by atoms with E-state index in [4.69, 9.17) is 0 Å². The van der Waals surface area contributed by atoms with Crippen molar-refractivity contribution in [2.45, 2.75) is 32.7 Å². The van der Waals surface area contributed by atoms with Crippen LogP contribution in [0.15, 0.2) is 54.6 Å². The Morgan fingerprint density at radius 3 is 2.54 bits per heavy atom. The fraction of sp³-hybridized carbons (Fsp3) is 0.364. The quantitative estimate of drug-likeness (QED) is 0.869. The smallest absolute Gasteiger partial charge is 0.225 e. The number of likely N-dealkylation sites (tertiary alicyclic amines) is 1. The monoisotopic (exact) mass is 350 g/mol. The van der Waals surface area contributed by atoms with Crippen molar-refractivity contribution in [1.82, 2.24) is 10.2 Å². The molecule has 3 rings (SSSR count). The zero-order chi connectivity index (χ0) is 18.5. The van der Waals surface area contributed by atoms with Crippen LogP contribution in [0.4, 0.5) is 0 Å². The number of amides is 2. The third-order valence-corrected chi connectivity index (χ3v) is 5.03. The minimum absolute atomic E-state index is 0.0208. The van der Waals surface area contributed by atoms with E-state index >= 15 is 0 Å². The number of carbonyl (C=O) groups excluding carboxylic acids is 2. The summed E-state index contributed by atoms with van der Waals surface area (Å²) in [5.41, 5.74) is 3.50. The van der Waals surface area contributed by atoms with Crippen LogP contribution in [0.1, 0.15) is 36.0 Å². The van der Waals surface area contributed by atoms with Crippen molar-refractivity contribution >= 4 is 11.8 Å². The summed E-state index contributed by atoms with van der Waals surface area (Å²) >= 11 is 0. The van der Waals surface area contributed by atoms with Gasteiger partial charge in [0.2, 0.25) is 11.8 Å². The van der Waals surface area contributed by atoms with Gasteiger partial charge in [0.1, 0.15) is 0 Å². The van der Waals surface area contributed by atoms with Gasteiger partial charge in [0.25, 0.3) is 0 Å². The first-order chi connectivity index (χ1) is 12.5. The third kappa shape index (κ3) is 4.51. The predicted molar refractivity (Wildman–Crippen MR) is 103 cm³/mol. The minimum Gasteiger partial charge on any atom is -0.355 e. The third-order valence-electron chi connectivity index (χ3n) is 5.03. The molecule has 1 aliphatic heterocycles. The lowest BCUT2D eigenvalue weighted by Gasteiger charge is -2.18. The van der Waals surface area contributed by atoms with Gasteiger partial charge >= 0.3 is 0 Å². The normalized spacial score (nSPS) is 18.0. The lowest BCUT2D eigenvalue weighted by molar-refractivity contribution is -0.129. The Bertz CT molecular complexity index is 755. The maximum absolute atomic E-state index is 12.5. The average Bonchev–Trinajstić information content (AvgIpc) is 3.02. The van der Waals surface area contributed by atoms with E-state index < -0.39 is 0 Å². The van der Waals surface area contributed by atoms with E-state index in [9.17, 15) is 9.59 Å². The van der Waals surface area contributed by atoms with Gasteiger partial charge in [0.05, 0.1) is 5.92 Å². The van der Waals surface area contributed by atoms with Crippen molar-refractivity contribution < 1.29 is 9.59 Å². The van der Waals surface area contributed by atoms with Crippen LogP contribution in [0.5, 0.6) is 0 Å². The van der Waals surface area contributed by atoms with Crippen LogP contribution in [-0.2, 0) is 16.1 Å². The van der Waals surface area contributed by atoms with Gasteiger partial charge in [-0.2, -0.15) is 0 Å². The van der Waals surface area contributed by atoms with Crippen molar-refractivity contribution in [1.29, 1.82) is 0 Å². The number of hydrogen-bond donors (Lipinski definition) is 1. The van der Waals surface area contributed by atoms with Crippen molar-refractivity contribution in [3.05, 3.63) is 71.3 Å². The van der Waals surface area contributed by atoms with Crippen LogP contribution < -0.4 is 5.32 Å². The summed E-state index contributed by atoms with van der Waals surface area (Å²) in [4.78, 5) is 26.5. The maximum atomic E-state index is 12.5. The molecule has 1 N–H and O–H groups in total. The molecule has 1 heterocycles. The molecular weight excluding hydrogens is 324 g/mol. The number of carbonyl (C=O) groups is 2. The Hall–Kier alpha value is -2.62. The standard InChI is InChI=1S/C22H26N2O2/c1-16-8-10-18(11-9-16)14-24-15-20(12-21(24)25)22(26)23-13-17(2)19-6-4-3-5-7-19/h3-11,17,20H,12-15H2,1-2H3,(H,23,26). The van der Waals surface area contributed by atoms with Gasteiger partial charge in [0, 0.05) is 26.1 Å². The molecule has 0 radical (unpaired) electrons. The van der Waals surface area contributed by atoms with E-state index in [0.29, 0.717) is 26.1 Å². The van der Waals surface area contributed by atoms with Gasteiger partial charge in [0.15, 0.2) is 0 Å². The Labute approximate surface area is 155 Å². The molecule has 0 spiro atoms. The van der Waals surface area contributed by atoms with E-state index in [1.54, 1.807) is 4.90 Å². The molecule has 2 aromatic rings. The summed E-state index contributed by atoms with van der Waals surface area (Å²) in [5, 5.41) is 3.02. The number of nitrogens with zero attached hydrogens (tertiary/aromatic N) is 1. The highest BCUT2D eigenvalue weighted by atomic mass is 16.2. The van der Waals surface area contributed by atoms with E-state index in [0.717, 1.165) is 5.56 Å². The number of nitrogens with one attached hydrogen (secondary N) is 1. The number of aryl methyl sites for hydroxylation is 1. The minimum atomic E-state index is -0.254. The second-order valence-corrected chi connectivity index (χ2v) is 7.22. The molecule has 2 aromatic carbocycles. The molecule has 0 aliphatic carbocycles. The summed E-state index contributed by atoms with van der Waals surface area (Å²) in [7, 11) is 0. The van der Waals surface area contributed by atoms with Crippen molar-refractivity contribution in [3.63, 3.8) is 0 Å². The fourth-order valence-electron chi connectivity index (χ4n) is 3.31. The second-order valence-electron chi connectivity index (χ2n) is 7.22.